The molecule has 0 aliphatic heterocycles. The summed E-state index contributed by atoms with van der Waals surface area (Å²) in [6.07, 6.45) is 0.580. The van der Waals surface area contributed by atoms with E-state index >= 15 is 0 Å². The third-order valence-electron chi connectivity index (χ3n) is 2.98. The second-order valence-corrected chi connectivity index (χ2v) is 4.51. The minimum atomic E-state index is -0.0822. The van der Waals surface area contributed by atoms with Crippen molar-refractivity contribution in [3.63, 3.8) is 0 Å². The number of para-hydroxylation sites is 2. The molecule has 0 bridgehead atoms. The van der Waals surface area contributed by atoms with Gasteiger partial charge in [-0.05, 0) is 31.0 Å². The molecule has 2 rings (SSSR count). The van der Waals surface area contributed by atoms with E-state index in [-0.39, 0.29) is 12.6 Å². The smallest absolute Gasteiger partial charge is 0.132 e. The van der Waals surface area contributed by atoms with Gasteiger partial charge < -0.3 is 15.6 Å². The first-order chi connectivity index (χ1) is 9.22. The number of rotatable bonds is 5. The van der Waals surface area contributed by atoms with Gasteiger partial charge in [-0.25, -0.2) is 0 Å². The highest BCUT2D eigenvalue weighted by atomic mass is 16.5. The Bertz CT molecular complexity index is 538. The molecule has 19 heavy (non-hydrogen) atoms. The Hall–Kier alpha value is -1.84. The standard InChI is InChI=1S/C16H19NO2/c1-12(17)14-7-3-5-9-16(14)19-15-8-4-2-6-13(15)10-11-18/h2-9,12,18H,10-11,17H2,1H3/t12-/m1/s1. The lowest BCUT2D eigenvalue weighted by atomic mass is 10.1. The maximum atomic E-state index is 9.08. The van der Waals surface area contributed by atoms with Crippen LogP contribution in [0.5, 0.6) is 11.5 Å². The molecule has 0 amide bonds. The summed E-state index contributed by atoms with van der Waals surface area (Å²) in [7, 11) is 0. The van der Waals surface area contributed by atoms with Gasteiger partial charge in [0.2, 0.25) is 0 Å². The first-order valence-electron chi connectivity index (χ1n) is 6.43. The summed E-state index contributed by atoms with van der Waals surface area (Å²) in [6, 6.07) is 15.4. The van der Waals surface area contributed by atoms with Crippen LogP contribution < -0.4 is 10.5 Å². The van der Waals surface area contributed by atoms with Crippen LogP contribution in [-0.4, -0.2) is 11.7 Å². The van der Waals surface area contributed by atoms with Crippen molar-refractivity contribution < 1.29 is 9.84 Å². The van der Waals surface area contributed by atoms with Gasteiger partial charge in [0.25, 0.3) is 0 Å². The zero-order chi connectivity index (χ0) is 13.7. The van der Waals surface area contributed by atoms with Gasteiger partial charge in [-0.2, -0.15) is 0 Å². The van der Waals surface area contributed by atoms with Crippen LogP contribution in [-0.2, 0) is 6.42 Å². The lowest BCUT2D eigenvalue weighted by Crippen LogP contribution is -2.06. The maximum absolute atomic E-state index is 9.08. The van der Waals surface area contributed by atoms with E-state index in [1.54, 1.807) is 0 Å². The largest absolute Gasteiger partial charge is 0.457 e. The molecule has 0 spiro atoms. The van der Waals surface area contributed by atoms with Crippen molar-refractivity contribution in [1.29, 1.82) is 0 Å². The molecule has 0 radical (unpaired) electrons. The summed E-state index contributed by atoms with van der Waals surface area (Å²) in [5.74, 6) is 1.53. The highest BCUT2D eigenvalue weighted by Gasteiger charge is 2.10. The van der Waals surface area contributed by atoms with Gasteiger partial charge >= 0.3 is 0 Å². The molecule has 100 valence electrons. The van der Waals surface area contributed by atoms with Gasteiger partial charge in [0.15, 0.2) is 0 Å². The van der Waals surface area contributed by atoms with Crippen molar-refractivity contribution in [1.82, 2.24) is 0 Å². The van der Waals surface area contributed by atoms with Crippen LogP contribution in [0.25, 0.3) is 0 Å². The molecule has 0 fully saturated rings. The lowest BCUT2D eigenvalue weighted by Gasteiger charge is -2.15. The average Bonchev–Trinajstić information content (AvgIpc) is 2.42. The molecule has 0 aliphatic rings. The third-order valence-corrected chi connectivity index (χ3v) is 2.98. The highest BCUT2D eigenvalue weighted by Crippen LogP contribution is 2.30. The monoisotopic (exact) mass is 257 g/mol. The van der Waals surface area contributed by atoms with Crippen LogP contribution in [0.4, 0.5) is 0 Å². The fraction of sp³-hybridized carbons (Fsp3) is 0.250. The van der Waals surface area contributed by atoms with Crippen LogP contribution in [0.1, 0.15) is 24.1 Å². The Morgan fingerprint density at radius 3 is 2.37 bits per heavy atom. The predicted octanol–water partition coefficient (Wildman–Crippen LogP) is 3.03. The molecular formula is C16H19NO2. The van der Waals surface area contributed by atoms with E-state index in [1.807, 2.05) is 55.5 Å². The van der Waals surface area contributed by atoms with Crippen molar-refractivity contribution in [3.8, 4) is 11.5 Å². The number of nitrogens with two attached hydrogens (primary N) is 1. The molecule has 0 heterocycles. The maximum Gasteiger partial charge on any atom is 0.132 e. The number of hydrogen-bond donors (Lipinski definition) is 2. The minimum absolute atomic E-state index is 0.0822. The van der Waals surface area contributed by atoms with E-state index in [0.29, 0.717) is 6.42 Å². The van der Waals surface area contributed by atoms with Gasteiger partial charge in [0, 0.05) is 18.2 Å². The number of aliphatic hydroxyl groups excluding tert-OH is 1. The van der Waals surface area contributed by atoms with Crippen LogP contribution >= 0.6 is 0 Å². The molecule has 0 aromatic heterocycles. The van der Waals surface area contributed by atoms with Crippen LogP contribution in [0.15, 0.2) is 48.5 Å². The molecule has 3 nitrogen and oxygen atoms in total. The van der Waals surface area contributed by atoms with Crippen molar-refractivity contribution in [3.05, 3.63) is 59.7 Å². The number of hydrogen-bond acceptors (Lipinski definition) is 3. The topological polar surface area (TPSA) is 55.5 Å². The Kier molecular flexibility index (Phi) is 4.55. The first-order valence-corrected chi connectivity index (χ1v) is 6.43. The van der Waals surface area contributed by atoms with Crippen molar-refractivity contribution >= 4 is 0 Å². The first kappa shape index (κ1) is 13.6. The van der Waals surface area contributed by atoms with E-state index in [2.05, 4.69) is 0 Å². The molecule has 1 atom stereocenters. The van der Waals surface area contributed by atoms with Gasteiger partial charge in [-0.15, -0.1) is 0 Å². The summed E-state index contributed by atoms with van der Waals surface area (Å²) < 4.78 is 5.96. The molecule has 0 aliphatic carbocycles. The van der Waals surface area contributed by atoms with Crippen molar-refractivity contribution in [2.45, 2.75) is 19.4 Å². The summed E-state index contributed by atoms with van der Waals surface area (Å²) in [5, 5.41) is 9.08. The highest BCUT2D eigenvalue weighted by molar-refractivity contribution is 5.42. The molecule has 0 saturated heterocycles. The lowest BCUT2D eigenvalue weighted by molar-refractivity contribution is 0.298. The Morgan fingerprint density at radius 2 is 1.68 bits per heavy atom. The van der Waals surface area contributed by atoms with Gasteiger partial charge in [0.05, 0.1) is 0 Å². The van der Waals surface area contributed by atoms with E-state index in [0.717, 1.165) is 22.6 Å². The molecular weight excluding hydrogens is 238 g/mol. The van der Waals surface area contributed by atoms with Gasteiger partial charge in [-0.1, -0.05) is 36.4 Å². The van der Waals surface area contributed by atoms with E-state index < -0.39 is 0 Å². The van der Waals surface area contributed by atoms with Crippen LogP contribution in [0.2, 0.25) is 0 Å². The van der Waals surface area contributed by atoms with E-state index in [4.69, 9.17) is 15.6 Å². The third kappa shape index (κ3) is 3.34. The Balaban J connectivity index is 2.31. The summed E-state index contributed by atoms with van der Waals surface area (Å²) in [6.45, 7) is 2.04. The predicted molar refractivity (Wildman–Crippen MR) is 76.4 cm³/mol. The number of ether oxygens (including phenoxy) is 1. The van der Waals surface area contributed by atoms with Crippen LogP contribution in [0.3, 0.4) is 0 Å². The van der Waals surface area contributed by atoms with Crippen molar-refractivity contribution in [2.24, 2.45) is 5.73 Å². The average molecular weight is 257 g/mol. The molecule has 3 heteroatoms. The summed E-state index contributed by atoms with van der Waals surface area (Å²) in [4.78, 5) is 0. The quantitative estimate of drug-likeness (QED) is 0.865. The fourth-order valence-electron chi connectivity index (χ4n) is 2.00. The fourth-order valence-corrected chi connectivity index (χ4v) is 2.00. The van der Waals surface area contributed by atoms with Crippen molar-refractivity contribution in [2.75, 3.05) is 6.61 Å². The normalized spacial score (nSPS) is 12.2. The second-order valence-electron chi connectivity index (χ2n) is 4.51. The summed E-state index contributed by atoms with van der Waals surface area (Å²) >= 11 is 0. The second kappa shape index (κ2) is 6.36. The van der Waals surface area contributed by atoms with E-state index in [9.17, 15) is 0 Å². The minimum Gasteiger partial charge on any atom is -0.457 e. The molecule has 2 aromatic carbocycles. The molecule has 0 unspecified atom stereocenters. The van der Waals surface area contributed by atoms with Gasteiger partial charge in [-0.3, -0.25) is 0 Å². The number of benzene rings is 2. The molecule has 2 aromatic rings. The van der Waals surface area contributed by atoms with Gasteiger partial charge in [0.1, 0.15) is 11.5 Å². The van der Waals surface area contributed by atoms with E-state index in [1.165, 1.54) is 0 Å². The number of aliphatic hydroxyl groups is 1. The SMILES string of the molecule is C[C@@H](N)c1ccccc1Oc1ccccc1CCO. The molecule has 0 saturated carbocycles. The van der Waals surface area contributed by atoms with Crippen LogP contribution in [0, 0.1) is 0 Å². The Morgan fingerprint density at radius 1 is 1.05 bits per heavy atom. The zero-order valence-corrected chi connectivity index (χ0v) is 11.0. The Labute approximate surface area is 113 Å². The zero-order valence-electron chi connectivity index (χ0n) is 11.0. The molecule has 3 N–H and O–H groups in total. The summed E-state index contributed by atoms with van der Waals surface area (Å²) in [5.41, 5.74) is 7.91.